The number of piperazine rings is 1. The third-order valence-corrected chi connectivity index (χ3v) is 8.77. The first kappa shape index (κ1) is 24.2. The molecule has 5 rings (SSSR count). The van der Waals surface area contributed by atoms with Gasteiger partial charge >= 0.3 is 0 Å². The van der Waals surface area contributed by atoms with Crippen LogP contribution >= 0.6 is 0 Å². The third kappa shape index (κ3) is 4.43. The number of carbonyl (C=O) groups excluding carboxylic acids is 2. The third-order valence-electron chi connectivity index (χ3n) is 7.02. The number of nitrogens with zero attached hydrogens (tertiary/aromatic N) is 5. The number of hydrogen-bond acceptors (Lipinski definition) is 7. The number of fused-ring (bicyclic) bond motifs is 1. The molecular weight excluding hydrogens is 482 g/mol. The van der Waals surface area contributed by atoms with Gasteiger partial charge in [0.25, 0.3) is 5.91 Å². The summed E-state index contributed by atoms with van der Waals surface area (Å²) in [5.74, 6) is 0.675. The van der Waals surface area contributed by atoms with E-state index >= 15 is 0 Å². The quantitative estimate of drug-likeness (QED) is 0.527. The van der Waals surface area contributed by atoms with Gasteiger partial charge in [0.05, 0.1) is 47.0 Å². The Balaban J connectivity index is 1.62. The molecule has 190 valence electrons. The van der Waals surface area contributed by atoms with Gasteiger partial charge in [-0.1, -0.05) is 0 Å². The van der Waals surface area contributed by atoms with Crippen LogP contribution in [0.3, 0.4) is 0 Å². The molecule has 0 N–H and O–H groups in total. The first-order valence-electron chi connectivity index (χ1n) is 12.0. The van der Waals surface area contributed by atoms with Crippen molar-refractivity contribution in [1.82, 2.24) is 24.6 Å². The molecule has 0 saturated carbocycles. The van der Waals surface area contributed by atoms with Crippen molar-refractivity contribution in [2.75, 3.05) is 44.8 Å². The minimum atomic E-state index is -3.14. The van der Waals surface area contributed by atoms with Crippen molar-refractivity contribution in [3.05, 3.63) is 41.6 Å². The van der Waals surface area contributed by atoms with E-state index < -0.39 is 9.84 Å². The van der Waals surface area contributed by atoms with Crippen molar-refractivity contribution < 1.29 is 22.7 Å². The highest BCUT2D eigenvalue weighted by Gasteiger charge is 2.33. The number of pyridine rings is 1. The molecule has 2 aliphatic rings. The molecule has 10 nitrogen and oxygen atoms in total. The molecule has 2 fully saturated rings. The van der Waals surface area contributed by atoms with E-state index in [1.807, 2.05) is 31.2 Å². The van der Waals surface area contributed by atoms with Crippen molar-refractivity contribution in [1.29, 1.82) is 0 Å². The molecule has 0 spiro atoms. The van der Waals surface area contributed by atoms with E-state index in [0.717, 1.165) is 5.56 Å². The van der Waals surface area contributed by atoms with Gasteiger partial charge in [0.15, 0.2) is 15.5 Å². The second-order valence-corrected chi connectivity index (χ2v) is 11.6. The van der Waals surface area contributed by atoms with Crippen molar-refractivity contribution in [2.45, 2.75) is 26.3 Å². The Morgan fingerprint density at radius 2 is 1.72 bits per heavy atom. The second-order valence-electron chi connectivity index (χ2n) is 9.37. The number of benzene rings is 1. The fourth-order valence-corrected chi connectivity index (χ4v) is 6.70. The lowest BCUT2D eigenvalue weighted by Crippen LogP contribution is -2.50. The highest BCUT2D eigenvalue weighted by Crippen LogP contribution is 2.33. The second kappa shape index (κ2) is 9.20. The average molecular weight is 512 g/mol. The van der Waals surface area contributed by atoms with Gasteiger partial charge in [-0.3, -0.25) is 9.59 Å². The molecular formula is C25H29N5O5S. The minimum absolute atomic E-state index is 0.00108. The summed E-state index contributed by atoms with van der Waals surface area (Å²) >= 11 is 0. The lowest BCUT2D eigenvalue weighted by Gasteiger charge is -2.34. The predicted molar refractivity (Wildman–Crippen MR) is 135 cm³/mol. The Labute approximate surface area is 209 Å². The molecule has 36 heavy (non-hydrogen) atoms. The Bertz CT molecular complexity index is 1440. The summed E-state index contributed by atoms with van der Waals surface area (Å²) in [6.45, 7) is 5.20. The van der Waals surface area contributed by atoms with Gasteiger partial charge in [-0.2, -0.15) is 5.10 Å². The van der Waals surface area contributed by atoms with Gasteiger partial charge in [-0.15, -0.1) is 0 Å². The molecule has 3 aromatic rings. The van der Waals surface area contributed by atoms with E-state index in [2.05, 4.69) is 5.10 Å². The van der Waals surface area contributed by atoms with Gasteiger partial charge in [0.2, 0.25) is 5.91 Å². The highest BCUT2D eigenvalue weighted by molar-refractivity contribution is 7.91. The molecule has 1 unspecified atom stereocenters. The number of aromatic nitrogens is 3. The Morgan fingerprint density at radius 1 is 1.06 bits per heavy atom. The summed E-state index contributed by atoms with van der Waals surface area (Å²) in [7, 11) is -1.54. The molecule has 0 bridgehead atoms. The van der Waals surface area contributed by atoms with Gasteiger partial charge < -0.3 is 14.5 Å². The normalized spacial score (nSPS) is 19.6. The number of hydrogen-bond donors (Lipinski definition) is 0. The van der Waals surface area contributed by atoms with Crippen LogP contribution in [-0.4, -0.2) is 89.6 Å². The van der Waals surface area contributed by atoms with Crippen molar-refractivity contribution >= 4 is 32.7 Å². The zero-order chi connectivity index (χ0) is 25.6. The van der Waals surface area contributed by atoms with Gasteiger partial charge in [0, 0.05) is 38.7 Å². The maximum atomic E-state index is 13.8. The van der Waals surface area contributed by atoms with E-state index in [1.54, 1.807) is 27.7 Å². The summed E-state index contributed by atoms with van der Waals surface area (Å²) < 4.78 is 31.4. The molecule has 1 atom stereocenters. The van der Waals surface area contributed by atoms with Gasteiger partial charge in [-0.25, -0.2) is 18.1 Å². The molecule has 4 heterocycles. The van der Waals surface area contributed by atoms with Crippen LogP contribution in [0.1, 0.15) is 35.4 Å². The van der Waals surface area contributed by atoms with Crippen LogP contribution in [0.5, 0.6) is 5.75 Å². The van der Waals surface area contributed by atoms with Crippen LogP contribution in [0.15, 0.2) is 30.3 Å². The van der Waals surface area contributed by atoms with Crippen LogP contribution in [0, 0.1) is 6.92 Å². The highest BCUT2D eigenvalue weighted by atomic mass is 32.2. The summed E-state index contributed by atoms with van der Waals surface area (Å²) in [5, 5.41) is 5.30. The van der Waals surface area contributed by atoms with Crippen LogP contribution in [-0.2, 0) is 14.6 Å². The summed E-state index contributed by atoms with van der Waals surface area (Å²) in [6, 6.07) is 8.87. The lowest BCUT2D eigenvalue weighted by molar-refractivity contribution is -0.130. The number of rotatable bonds is 4. The number of aryl methyl sites for hydroxylation is 1. The summed E-state index contributed by atoms with van der Waals surface area (Å²) in [6.07, 6.45) is 0.462. The number of carbonyl (C=O) groups is 2. The number of amides is 2. The zero-order valence-electron chi connectivity index (χ0n) is 20.6. The molecule has 0 aliphatic carbocycles. The lowest BCUT2D eigenvalue weighted by atomic mass is 10.0. The summed E-state index contributed by atoms with van der Waals surface area (Å²) in [5.41, 5.74) is 3.02. The monoisotopic (exact) mass is 511 g/mol. The van der Waals surface area contributed by atoms with Gasteiger partial charge in [-0.05, 0) is 43.7 Å². The maximum Gasteiger partial charge on any atom is 0.254 e. The maximum absolute atomic E-state index is 13.8. The van der Waals surface area contributed by atoms with E-state index in [9.17, 15) is 18.0 Å². The van der Waals surface area contributed by atoms with Crippen molar-refractivity contribution in [3.8, 4) is 17.0 Å². The molecule has 1 aromatic carbocycles. The molecule has 2 amide bonds. The van der Waals surface area contributed by atoms with E-state index in [1.165, 1.54) is 6.92 Å². The largest absolute Gasteiger partial charge is 0.497 e. The van der Waals surface area contributed by atoms with E-state index in [0.29, 0.717) is 66.3 Å². The molecule has 2 saturated heterocycles. The van der Waals surface area contributed by atoms with Crippen LogP contribution in [0.2, 0.25) is 0 Å². The minimum Gasteiger partial charge on any atom is -0.497 e. The van der Waals surface area contributed by atoms with Crippen LogP contribution < -0.4 is 4.74 Å². The molecule has 0 radical (unpaired) electrons. The van der Waals surface area contributed by atoms with E-state index in [4.69, 9.17) is 9.72 Å². The zero-order valence-corrected chi connectivity index (χ0v) is 21.4. The smallest absolute Gasteiger partial charge is 0.254 e. The van der Waals surface area contributed by atoms with Crippen molar-refractivity contribution in [3.63, 3.8) is 0 Å². The first-order chi connectivity index (χ1) is 17.2. The number of sulfone groups is 1. The molecule has 2 aromatic heterocycles. The van der Waals surface area contributed by atoms with Crippen molar-refractivity contribution in [2.24, 2.45) is 0 Å². The Morgan fingerprint density at radius 3 is 2.31 bits per heavy atom. The number of ether oxygens (including phenoxy) is 1. The van der Waals surface area contributed by atoms with E-state index in [-0.39, 0.29) is 29.4 Å². The predicted octanol–water partition coefficient (Wildman–Crippen LogP) is 2.08. The SMILES string of the molecule is COc1ccc(-c2cc(C(=O)N3CCN(C(C)=O)CC3)c3c(C)nn(C4CCS(=O)(=O)C4)c3n2)cc1. The molecule has 2 aliphatic heterocycles. The molecule has 11 heteroatoms. The van der Waals surface area contributed by atoms with Crippen LogP contribution in [0.4, 0.5) is 0 Å². The standard InChI is InChI=1S/C25H29N5O5S/c1-16-23-21(25(32)29-11-9-28(10-12-29)17(2)31)14-22(18-4-6-20(35-3)7-5-18)26-24(23)30(27-16)19-8-13-36(33,34)15-19/h4-7,14,19H,8-13,15H2,1-3H3. The fraction of sp³-hybridized carbons (Fsp3) is 0.440. The Hall–Kier alpha value is -3.47. The van der Waals surface area contributed by atoms with Gasteiger partial charge in [0.1, 0.15) is 5.75 Å². The Kier molecular flexibility index (Phi) is 6.19. The average Bonchev–Trinajstić information content (AvgIpc) is 3.41. The number of methoxy groups -OCH3 is 1. The fourth-order valence-electron chi connectivity index (χ4n) is 5.01. The summed E-state index contributed by atoms with van der Waals surface area (Å²) in [4.78, 5) is 33.9. The first-order valence-corrected chi connectivity index (χ1v) is 13.8. The van der Waals surface area contributed by atoms with Crippen LogP contribution in [0.25, 0.3) is 22.3 Å². The topological polar surface area (TPSA) is 115 Å².